The average Bonchev–Trinajstić information content (AvgIpc) is 2.03. The van der Waals surface area contributed by atoms with Crippen LogP contribution in [0, 0.1) is 0 Å². The van der Waals surface area contributed by atoms with E-state index < -0.39 is 0 Å². The molecule has 0 saturated heterocycles. The van der Waals surface area contributed by atoms with Crippen LogP contribution < -0.4 is 5.73 Å². The molecule has 11 heavy (non-hydrogen) atoms. The maximum Gasteiger partial charge on any atom is 0.0730 e. The monoisotopic (exact) mass is 155 g/mol. The Morgan fingerprint density at radius 1 is 1.45 bits per heavy atom. The van der Waals surface area contributed by atoms with Gasteiger partial charge in [-0.15, -0.1) is 6.58 Å². The molecule has 2 atom stereocenters. The van der Waals surface area contributed by atoms with Crippen molar-refractivity contribution in [2.75, 3.05) is 6.61 Å². The lowest BCUT2D eigenvalue weighted by molar-refractivity contribution is 0.0320. The first kappa shape index (κ1) is 8.75. The molecule has 0 amide bonds. The summed E-state index contributed by atoms with van der Waals surface area (Å²) in [5.74, 6) is 0. The molecule has 2 unspecified atom stereocenters. The Morgan fingerprint density at radius 2 is 2.18 bits per heavy atom. The SMILES string of the molecule is C=CCOC1CCCCC1N. The normalized spacial score (nSPS) is 31.7. The summed E-state index contributed by atoms with van der Waals surface area (Å²) in [6.45, 7) is 4.24. The van der Waals surface area contributed by atoms with Crippen molar-refractivity contribution in [3.05, 3.63) is 12.7 Å². The minimum absolute atomic E-state index is 0.253. The third kappa shape index (κ3) is 2.64. The number of hydrogen-bond donors (Lipinski definition) is 1. The van der Waals surface area contributed by atoms with Crippen molar-refractivity contribution in [2.24, 2.45) is 5.73 Å². The van der Waals surface area contributed by atoms with Crippen LogP contribution in [0.5, 0.6) is 0 Å². The lowest BCUT2D eigenvalue weighted by Gasteiger charge is -2.27. The molecule has 0 heterocycles. The van der Waals surface area contributed by atoms with Crippen LogP contribution in [0.25, 0.3) is 0 Å². The molecule has 0 aromatic heterocycles. The van der Waals surface area contributed by atoms with Crippen molar-refractivity contribution in [1.82, 2.24) is 0 Å². The van der Waals surface area contributed by atoms with Crippen LogP contribution in [-0.4, -0.2) is 18.8 Å². The van der Waals surface area contributed by atoms with Gasteiger partial charge in [0.15, 0.2) is 0 Å². The first-order chi connectivity index (χ1) is 5.34. The summed E-state index contributed by atoms with van der Waals surface area (Å²) in [6.07, 6.45) is 6.81. The predicted molar refractivity (Wildman–Crippen MR) is 46.4 cm³/mol. The molecule has 1 aliphatic rings. The van der Waals surface area contributed by atoms with Gasteiger partial charge >= 0.3 is 0 Å². The number of rotatable bonds is 3. The van der Waals surface area contributed by atoms with Gasteiger partial charge in [0.2, 0.25) is 0 Å². The summed E-state index contributed by atoms with van der Waals surface area (Å²) in [5.41, 5.74) is 5.86. The van der Waals surface area contributed by atoms with Crippen molar-refractivity contribution in [3.8, 4) is 0 Å². The first-order valence-corrected chi connectivity index (χ1v) is 4.32. The molecule has 2 heteroatoms. The second-order valence-electron chi connectivity index (χ2n) is 3.11. The first-order valence-electron chi connectivity index (χ1n) is 4.32. The van der Waals surface area contributed by atoms with E-state index in [1.165, 1.54) is 12.8 Å². The molecular formula is C9H17NO. The van der Waals surface area contributed by atoms with E-state index in [4.69, 9.17) is 10.5 Å². The summed E-state index contributed by atoms with van der Waals surface area (Å²) in [4.78, 5) is 0. The third-order valence-corrected chi connectivity index (χ3v) is 2.18. The minimum Gasteiger partial charge on any atom is -0.373 e. The highest BCUT2D eigenvalue weighted by Crippen LogP contribution is 2.19. The number of hydrogen-bond acceptors (Lipinski definition) is 2. The maximum atomic E-state index is 5.86. The molecule has 0 spiro atoms. The van der Waals surface area contributed by atoms with Crippen LogP contribution >= 0.6 is 0 Å². The van der Waals surface area contributed by atoms with E-state index in [0.717, 1.165) is 12.8 Å². The fraction of sp³-hybridized carbons (Fsp3) is 0.778. The largest absolute Gasteiger partial charge is 0.373 e. The second-order valence-corrected chi connectivity index (χ2v) is 3.11. The molecule has 1 saturated carbocycles. The van der Waals surface area contributed by atoms with Gasteiger partial charge in [0, 0.05) is 6.04 Å². The Morgan fingerprint density at radius 3 is 2.82 bits per heavy atom. The molecule has 0 aliphatic heterocycles. The van der Waals surface area contributed by atoms with Gasteiger partial charge in [0.1, 0.15) is 0 Å². The van der Waals surface area contributed by atoms with Crippen LogP contribution in [0.15, 0.2) is 12.7 Å². The van der Waals surface area contributed by atoms with Crippen LogP contribution in [-0.2, 0) is 4.74 Å². The van der Waals surface area contributed by atoms with Crippen LogP contribution in [0.3, 0.4) is 0 Å². The highest BCUT2D eigenvalue weighted by Gasteiger charge is 2.21. The zero-order valence-corrected chi connectivity index (χ0v) is 6.96. The Hall–Kier alpha value is -0.340. The van der Waals surface area contributed by atoms with E-state index in [2.05, 4.69) is 6.58 Å². The van der Waals surface area contributed by atoms with E-state index in [9.17, 15) is 0 Å². The number of ether oxygens (including phenoxy) is 1. The Bertz CT molecular complexity index is 125. The van der Waals surface area contributed by atoms with E-state index >= 15 is 0 Å². The van der Waals surface area contributed by atoms with Gasteiger partial charge in [0.05, 0.1) is 12.7 Å². The Balaban J connectivity index is 2.23. The summed E-state index contributed by atoms with van der Waals surface area (Å²) in [7, 11) is 0. The molecule has 1 aliphatic carbocycles. The quantitative estimate of drug-likeness (QED) is 0.626. The van der Waals surface area contributed by atoms with E-state index in [0.29, 0.717) is 6.61 Å². The molecule has 0 radical (unpaired) electrons. The van der Waals surface area contributed by atoms with Crippen molar-refractivity contribution >= 4 is 0 Å². The molecule has 1 rings (SSSR count). The van der Waals surface area contributed by atoms with E-state index in [1.807, 2.05) is 0 Å². The lowest BCUT2D eigenvalue weighted by atomic mass is 9.93. The van der Waals surface area contributed by atoms with Crippen molar-refractivity contribution in [2.45, 2.75) is 37.8 Å². The van der Waals surface area contributed by atoms with Gasteiger partial charge in [-0.25, -0.2) is 0 Å². The zero-order valence-electron chi connectivity index (χ0n) is 6.96. The van der Waals surface area contributed by atoms with Crippen molar-refractivity contribution < 1.29 is 4.74 Å². The molecule has 0 aromatic rings. The standard InChI is InChI=1S/C9H17NO/c1-2-7-11-9-6-4-3-5-8(9)10/h2,8-9H,1,3-7,10H2. The fourth-order valence-electron chi connectivity index (χ4n) is 1.52. The van der Waals surface area contributed by atoms with Crippen LogP contribution in [0.4, 0.5) is 0 Å². The van der Waals surface area contributed by atoms with E-state index in [1.54, 1.807) is 6.08 Å². The maximum absolute atomic E-state index is 5.86. The van der Waals surface area contributed by atoms with Crippen molar-refractivity contribution in [1.29, 1.82) is 0 Å². The summed E-state index contributed by atoms with van der Waals surface area (Å²) >= 11 is 0. The molecular weight excluding hydrogens is 138 g/mol. The molecule has 0 aromatic carbocycles. The van der Waals surface area contributed by atoms with Gasteiger partial charge < -0.3 is 10.5 Å². The third-order valence-electron chi connectivity index (χ3n) is 2.18. The van der Waals surface area contributed by atoms with Crippen LogP contribution in [0.1, 0.15) is 25.7 Å². The molecule has 1 fully saturated rings. The zero-order chi connectivity index (χ0) is 8.10. The van der Waals surface area contributed by atoms with Gasteiger partial charge in [0.25, 0.3) is 0 Å². The van der Waals surface area contributed by atoms with Gasteiger partial charge in [-0.05, 0) is 12.8 Å². The second kappa shape index (κ2) is 4.52. The predicted octanol–water partition coefficient (Wildman–Crippen LogP) is 1.46. The summed E-state index contributed by atoms with van der Waals surface area (Å²) in [5, 5.41) is 0. The van der Waals surface area contributed by atoms with Crippen molar-refractivity contribution in [3.63, 3.8) is 0 Å². The topological polar surface area (TPSA) is 35.2 Å². The van der Waals surface area contributed by atoms with Gasteiger partial charge in [-0.3, -0.25) is 0 Å². The Labute approximate surface area is 68.4 Å². The van der Waals surface area contributed by atoms with Gasteiger partial charge in [-0.1, -0.05) is 18.9 Å². The lowest BCUT2D eigenvalue weighted by Crippen LogP contribution is -2.39. The average molecular weight is 155 g/mol. The molecule has 2 nitrogen and oxygen atoms in total. The summed E-state index contributed by atoms with van der Waals surface area (Å²) < 4.78 is 5.50. The molecule has 2 N–H and O–H groups in total. The molecule has 0 bridgehead atoms. The van der Waals surface area contributed by atoms with Gasteiger partial charge in [-0.2, -0.15) is 0 Å². The highest BCUT2D eigenvalue weighted by atomic mass is 16.5. The Kier molecular flexibility index (Phi) is 3.60. The molecule has 64 valence electrons. The highest BCUT2D eigenvalue weighted by molar-refractivity contribution is 4.79. The van der Waals surface area contributed by atoms with Crippen LogP contribution in [0.2, 0.25) is 0 Å². The summed E-state index contributed by atoms with van der Waals surface area (Å²) in [6, 6.07) is 0.253. The fourth-order valence-corrected chi connectivity index (χ4v) is 1.52. The smallest absolute Gasteiger partial charge is 0.0730 e. The number of nitrogens with two attached hydrogens (primary N) is 1. The minimum atomic E-state index is 0.253. The van der Waals surface area contributed by atoms with E-state index in [-0.39, 0.29) is 12.1 Å².